The van der Waals surface area contributed by atoms with Crippen LogP contribution in [0, 0.1) is 0 Å². The molecule has 3 heteroatoms. The topological polar surface area (TPSA) is 3.24 Å². The number of thioether (sulfide) groups is 1. The van der Waals surface area contributed by atoms with Crippen LogP contribution in [0.3, 0.4) is 0 Å². The number of hydrogen-bond acceptors (Lipinski definition) is 2. The van der Waals surface area contributed by atoms with Gasteiger partial charge in [-0.1, -0.05) is 11.8 Å². The summed E-state index contributed by atoms with van der Waals surface area (Å²) in [6.07, 6.45) is 0. The molecule has 0 N–H and O–H groups in total. The summed E-state index contributed by atoms with van der Waals surface area (Å²) in [5.74, 6) is 0.762. The minimum Gasteiger partial charge on any atom is -0.366 e. The Morgan fingerprint density at radius 2 is 2.38 bits per heavy atom. The molecule has 1 nitrogen and oxygen atoms in total. The molecular weight excluding hydrogens is 125 g/mol. The lowest BCUT2D eigenvalue weighted by molar-refractivity contribution is 0.489. The van der Waals surface area contributed by atoms with Gasteiger partial charge in [-0.05, 0) is 6.92 Å². The monoisotopic (exact) mass is 133 g/mol. The van der Waals surface area contributed by atoms with E-state index >= 15 is 0 Å². The molecule has 0 unspecified atom stereocenters. The molecule has 0 fully saturated rings. The smallest absolute Gasteiger partial charge is 0.177 e. The average molecular weight is 133 g/mol. The van der Waals surface area contributed by atoms with E-state index in [0.29, 0.717) is 0 Å². The van der Waals surface area contributed by atoms with Gasteiger partial charge in [-0.3, -0.25) is 0 Å². The van der Waals surface area contributed by atoms with Crippen LogP contribution >= 0.6 is 11.8 Å². The molecule has 0 aromatic heterocycles. The maximum Gasteiger partial charge on any atom is 0.177 e. The van der Waals surface area contributed by atoms with Crippen molar-refractivity contribution in [3.8, 4) is 0 Å². The molecule has 0 bridgehead atoms. The summed E-state index contributed by atoms with van der Waals surface area (Å²) in [6, 6.07) is 0. The van der Waals surface area contributed by atoms with Gasteiger partial charge < -0.3 is 4.90 Å². The van der Waals surface area contributed by atoms with Crippen LogP contribution in [-0.2, 0) is 0 Å². The van der Waals surface area contributed by atoms with E-state index in [9.17, 15) is 4.39 Å². The molecule has 1 rings (SSSR count). The van der Waals surface area contributed by atoms with Crippen LogP contribution in [0.5, 0.6) is 0 Å². The maximum absolute atomic E-state index is 12.4. The maximum atomic E-state index is 12.4. The van der Waals surface area contributed by atoms with Crippen molar-refractivity contribution in [3.05, 3.63) is 10.9 Å². The van der Waals surface area contributed by atoms with Gasteiger partial charge >= 0.3 is 0 Å². The number of halogens is 1. The molecule has 1 aliphatic heterocycles. The first-order valence-electron chi connectivity index (χ1n) is 2.42. The minimum atomic E-state index is -0.0347. The molecule has 0 amide bonds. The fourth-order valence-corrected chi connectivity index (χ4v) is 1.37. The number of nitrogens with zero attached hydrogens (tertiary/aromatic N) is 1. The van der Waals surface area contributed by atoms with Crippen molar-refractivity contribution in [1.82, 2.24) is 4.90 Å². The first-order valence-corrected chi connectivity index (χ1v) is 3.40. The van der Waals surface area contributed by atoms with Crippen LogP contribution < -0.4 is 0 Å². The Hall–Kier alpha value is -0.180. The summed E-state index contributed by atoms with van der Waals surface area (Å²) in [6.45, 7) is 1.79. The van der Waals surface area contributed by atoms with E-state index in [1.165, 1.54) is 11.8 Å². The van der Waals surface area contributed by atoms with E-state index in [4.69, 9.17) is 0 Å². The van der Waals surface area contributed by atoms with Gasteiger partial charge in [0.15, 0.2) is 5.16 Å². The van der Waals surface area contributed by atoms with Gasteiger partial charge in [-0.15, -0.1) is 0 Å². The molecule has 0 aromatic carbocycles. The average Bonchev–Trinajstić information content (AvgIpc) is 1.98. The summed E-state index contributed by atoms with van der Waals surface area (Å²) < 4.78 is 12.4. The van der Waals surface area contributed by atoms with E-state index < -0.39 is 0 Å². The Balaban J connectivity index is 2.71. The van der Waals surface area contributed by atoms with Gasteiger partial charge in [0.05, 0.1) is 11.6 Å². The van der Waals surface area contributed by atoms with Crippen molar-refractivity contribution < 1.29 is 4.39 Å². The highest BCUT2D eigenvalue weighted by molar-refractivity contribution is 8.03. The molecule has 0 spiro atoms. The van der Waals surface area contributed by atoms with Crippen molar-refractivity contribution in [1.29, 1.82) is 0 Å². The molecule has 0 saturated carbocycles. The Bertz CT molecular complexity index is 132. The summed E-state index contributed by atoms with van der Waals surface area (Å²) >= 11 is 1.25. The van der Waals surface area contributed by atoms with Crippen LogP contribution in [0.15, 0.2) is 10.9 Å². The van der Waals surface area contributed by atoms with E-state index in [0.717, 1.165) is 11.6 Å². The fourth-order valence-electron chi connectivity index (χ4n) is 0.505. The predicted octanol–water partition coefficient (Wildman–Crippen LogP) is 1.78. The van der Waals surface area contributed by atoms with Crippen molar-refractivity contribution in [3.63, 3.8) is 0 Å². The molecule has 0 atom stereocenters. The van der Waals surface area contributed by atoms with Gasteiger partial charge in [0.2, 0.25) is 0 Å². The molecule has 1 heterocycles. The lowest BCUT2D eigenvalue weighted by atomic mass is 10.5. The third-order valence-corrected chi connectivity index (χ3v) is 2.31. The van der Waals surface area contributed by atoms with Crippen LogP contribution in [0.25, 0.3) is 0 Å². The standard InChI is InChI=1S/C5H8FNS/c1-4-5(6)8-3-7(4)2/h3H2,1-2H3. The first-order chi connectivity index (χ1) is 3.72. The third-order valence-electron chi connectivity index (χ3n) is 1.24. The lowest BCUT2D eigenvalue weighted by Crippen LogP contribution is -2.09. The highest BCUT2D eigenvalue weighted by atomic mass is 32.2. The third kappa shape index (κ3) is 0.823. The van der Waals surface area contributed by atoms with Crippen molar-refractivity contribution in [2.24, 2.45) is 0 Å². The lowest BCUT2D eigenvalue weighted by Gasteiger charge is -2.08. The molecule has 1 aliphatic rings. The van der Waals surface area contributed by atoms with E-state index in [2.05, 4.69) is 0 Å². The van der Waals surface area contributed by atoms with Crippen LogP contribution in [-0.4, -0.2) is 17.8 Å². The predicted molar refractivity (Wildman–Crippen MR) is 34.0 cm³/mol. The van der Waals surface area contributed by atoms with Gasteiger partial charge in [-0.2, -0.15) is 4.39 Å². The highest BCUT2D eigenvalue weighted by Crippen LogP contribution is 2.30. The van der Waals surface area contributed by atoms with Crippen LogP contribution in [0.2, 0.25) is 0 Å². The Kier molecular flexibility index (Phi) is 1.47. The summed E-state index contributed by atoms with van der Waals surface area (Å²) in [5, 5.41) is -0.0347. The van der Waals surface area contributed by atoms with Gasteiger partial charge in [0.1, 0.15) is 0 Å². The number of rotatable bonds is 0. The Morgan fingerprint density at radius 3 is 2.50 bits per heavy atom. The zero-order valence-corrected chi connectivity index (χ0v) is 5.76. The van der Waals surface area contributed by atoms with E-state index in [1.807, 2.05) is 11.9 Å². The highest BCUT2D eigenvalue weighted by Gasteiger charge is 2.14. The van der Waals surface area contributed by atoms with E-state index in [-0.39, 0.29) is 5.16 Å². The molecule has 0 saturated heterocycles. The fraction of sp³-hybridized carbons (Fsp3) is 0.600. The van der Waals surface area contributed by atoms with Crippen LogP contribution in [0.1, 0.15) is 6.92 Å². The molecule has 0 aromatic rings. The summed E-state index contributed by atoms with van der Waals surface area (Å²) in [7, 11) is 1.88. The number of hydrogen-bond donors (Lipinski definition) is 0. The largest absolute Gasteiger partial charge is 0.366 e. The zero-order valence-electron chi connectivity index (χ0n) is 4.94. The molecule has 0 aliphatic carbocycles. The molecule has 46 valence electrons. The van der Waals surface area contributed by atoms with Crippen LogP contribution in [0.4, 0.5) is 4.39 Å². The molecule has 0 radical (unpaired) electrons. The zero-order chi connectivity index (χ0) is 6.15. The second-order valence-corrected chi connectivity index (χ2v) is 2.74. The minimum absolute atomic E-state index is 0.0347. The molecular formula is C5H8FNS. The number of allylic oxidation sites excluding steroid dienone is 1. The van der Waals surface area contributed by atoms with Crippen molar-refractivity contribution in [2.45, 2.75) is 6.92 Å². The van der Waals surface area contributed by atoms with Crippen molar-refractivity contribution >= 4 is 11.8 Å². The second kappa shape index (κ2) is 1.97. The Labute approximate surface area is 52.6 Å². The second-order valence-electron chi connectivity index (χ2n) is 1.83. The van der Waals surface area contributed by atoms with Crippen molar-refractivity contribution in [2.75, 3.05) is 12.9 Å². The SMILES string of the molecule is CC1=C(F)SCN1C. The van der Waals surface area contributed by atoms with E-state index in [1.54, 1.807) is 6.92 Å². The summed E-state index contributed by atoms with van der Waals surface area (Å²) in [4.78, 5) is 1.89. The first kappa shape index (κ1) is 5.95. The quantitative estimate of drug-likeness (QED) is 0.495. The summed E-state index contributed by atoms with van der Waals surface area (Å²) in [5.41, 5.74) is 0.759. The normalized spacial score (nSPS) is 20.6. The van der Waals surface area contributed by atoms with Gasteiger partial charge in [-0.25, -0.2) is 0 Å². The van der Waals surface area contributed by atoms with Gasteiger partial charge in [0.25, 0.3) is 0 Å². The Morgan fingerprint density at radius 1 is 1.75 bits per heavy atom. The van der Waals surface area contributed by atoms with Gasteiger partial charge in [0, 0.05) is 7.05 Å². The molecule has 8 heavy (non-hydrogen) atoms.